The Kier molecular flexibility index (Phi) is 5.20. The van der Waals surface area contributed by atoms with E-state index in [9.17, 15) is 0 Å². The lowest BCUT2D eigenvalue weighted by atomic mass is 10.1. The molecule has 0 saturated heterocycles. The van der Waals surface area contributed by atoms with Crippen LogP contribution in [0, 0.1) is 0 Å². The van der Waals surface area contributed by atoms with Crippen LogP contribution in [0.4, 0.5) is 10.8 Å². The molecule has 0 amide bonds. The minimum absolute atomic E-state index is 0.421. The smallest absolute Gasteiger partial charge is 0.190 e. The summed E-state index contributed by atoms with van der Waals surface area (Å²) in [6.45, 7) is 5.22. The van der Waals surface area contributed by atoms with Crippen molar-refractivity contribution in [1.82, 2.24) is 10.3 Å². The molecule has 1 aromatic heterocycles. The number of rotatable bonds is 6. The van der Waals surface area contributed by atoms with Gasteiger partial charge in [0.2, 0.25) is 0 Å². The summed E-state index contributed by atoms with van der Waals surface area (Å²) in [6, 6.07) is 8.01. The number of hydrogen-bond donors (Lipinski definition) is 1. The number of nitrogens with one attached hydrogen (secondary N) is 1. The number of nitrogens with zero attached hydrogens (tertiary/aromatic N) is 2. The van der Waals surface area contributed by atoms with E-state index in [1.165, 1.54) is 10.6 Å². The van der Waals surface area contributed by atoms with E-state index in [1.54, 1.807) is 18.4 Å². The molecule has 0 fully saturated rings. The third-order valence-corrected chi connectivity index (χ3v) is 4.48. The van der Waals surface area contributed by atoms with Crippen LogP contribution < -0.4 is 15.0 Å². The summed E-state index contributed by atoms with van der Waals surface area (Å²) in [5, 5.41) is 4.21. The quantitative estimate of drug-likeness (QED) is 0.881. The monoisotopic (exact) mass is 305 g/mol. The summed E-state index contributed by atoms with van der Waals surface area (Å²) in [7, 11) is 5.69. The van der Waals surface area contributed by atoms with Crippen LogP contribution in [0.25, 0.3) is 0 Å². The highest BCUT2D eigenvalue weighted by molar-refractivity contribution is 7.15. The topological polar surface area (TPSA) is 37.4 Å². The molecule has 5 heteroatoms. The van der Waals surface area contributed by atoms with Gasteiger partial charge in [-0.05, 0) is 25.1 Å². The number of aromatic nitrogens is 1. The number of para-hydroxylation sites is 2. The van der Waals surface area contributed by atoms with Gasteiger partial charge in [0.25, 0.3) is 0 Å². The maximum absolute atomic E-state index is 5.44. The van der Waals surface area contributed by atoms with Crippen molar-refractivity contribution >= 4 is 22.2 Å². The Morgan fingerprint density at radius 2 is 2.05 bits per heavy atom. The summed E-state index contributed by atoms with van der Waals surface area (Å²) in [5.41, 5.74) is 2.20. The van der Waals surface area contributed by atoms with Crippen LogP contribution in [-0.4, -0.2) is 26.2 Å². The van der Waals surface area contributed by atoms with Crippen LogP contribution in [0.5, 0.6) is 5.75 Å². The lowest BCUT2D eigenvalue weighted by Gasteiger charge is -2.18. The van der Waals surface area contributed by atoms with Crippen LogP contribution in [0.2, 0.25) is 0 Å². The SMILES string of the molecule is CNCc1sc(N(C)c2ccccc2OC)nc1C(C)C. The van der Waals surface area contributed by atoms with Gasteiger partial charge in [-0.25, -0.2) is 4.98 Å². The average Bonchev–Trinajstić information content (AvgIpc) is 2.91. The van der Waals surface area contributed by atoms with E-state index in [2.05, 4.69) is 24.1 Å². The minimum atomic E-state index is 0.421. The van der Waals surface area contributed by atoms with E-state index in [0.717, 1.165) is 23.1 Å². The number of benzene rings is 1. The second-order valence-electron chi connectivity index (χ2n) is 5.22. The van der Waals surface area contributed by atoms with E-state index in [0.29, 0.717) is 5.92 Å². The number of thiazole rings is 1. The van der Waals surface area contributed by atoms with Crippen LogP contribution in [0.15, 0.2) is 24.3 Å². The van der Waals surface area contributed by atoms with Gasteiger partial charge in [-0.1, -0.05) is 37.3 Å². The molecule has 0 atom stereocenters. The third kappa shape index (κ3) is 3.36. The first kappa shape index (κ1) is 15.8. The molecule has 0 unspecified atom stereocenters. The summed E-state index contributed by atoms with van der Waals surface area (Å²) >= 11 is 1.73. The second kappa shape index (κ2) is 6.91. The highest BCUT2D eigenvalue weighted by atomic mass is 32.1. The van der Waals surface area contributed by atoms with E-state index in [1.807, 2.05) is 38.4 Å². The molecule has 0 radical (unpaired) electrons. The van der Waals surface area contributed by atoms with Crippen molar-refractivity contribution in [2.45, 2.75) is 26.3 Å². The van der Waals surface area contributed by atoms with Gasteiger partial charge in [0, 0.05) is 18.5 Å². The third-order valence-electron chi connectivity index (χ3n) is 3.33. The molecule has 0 aliphatic carbocycles. The van der Waals surface area contributed by atoms with E-state index in [4.69, 9.17) is 9.72 Å². The maximum Gasteiger partial charge on any atom is 0.190 e. The van der Waals surface area contributed by atoms with Crippen LogP contribution >= 0.6 is 11.3 Å². The van der Waals surface area contributed by atoms with Crippen LogP contribution in [-0.2, 0) is 6.54 Å². The highest BCUT2D eigenvalue weighted by Gasteiger charge is 2.18. The molecule has 114 valence electrons. The molecule has 0 saturated carbocycles. The normalized spacial score (nSPS) is 11.0. The predicted molar refractivity (Wildman–Crippen MR) is 90.0 cm³/mol. The van der Waals surface area contributed by atoms with Crippen molar-refractivity contribution < 1.29 is 4.74 Å². The number of anilines is 2. The van der Waals surface area contributed by atoms with Crippen molar-refractivity contribution in [2.75, 3.05) is 26.1 Å². The number of methoxy groups -OCH3 is 1. The standard InChI is InChI=1S/C16H23N3OS/c1-11(2)15-14(10-17-3)21-16(18-15)19(4)12-8-6-7-9-13(12)20-5/h6-9,11,17H,10H2,1-5H3. The fourth-order valence-corrected chi connectivity index (χ4v) is 3.44. The largest absolute Gasteiger partial charge is 0.495 e. The average molecular weight is 305 g/mol. The van der Waals surface area contributed by atoms with Gasteiger partial charge in [-0.15, -0.1) is 0 Å². The van der Waals surface area contributed by atoms with Gasteiger partial charge < -0.3 is 15.0 Å². The first-order valence-corrected chi connectivity index (χ1v) is 7.91. The summed E-state index contributed by atoms with van der Waals surface area (Å²) in [5.74, 6) is 1.28. The van der Waals surface area contributed by atoms with Gasteiger partial charge >= 0.3 is 0 Å². The van der Waals surface area contributed by atoms with Crippen molar-refractivity contribution in [1.29, 1.82) is 0 Å². The molecule has 1 heterocycles. The van der Waals surface area contributed by atoms with Gasteiger partial charge in [0.1, 0.15) is 5.75 Å². The van der Waals surface area contributed by atoms with Crippen molar-refractivity contribution in [3.8, 4) is 5.75 Å². The van der Waals surface area contributed by atoms with Gasteiger partial charge in [0.15, 0.2) is 5.13 Å². The first-order valence-electron chi connectivity index (χ1n) is 7.09. The Morgan fingerprint density at radius 3 is 2.67 bits per heavy atom. The molecular formula is C16H23N3OS. The Hall–Kier alpha value is -1.59. The summed E-state index contributed by atoms with van der Waals surface area (Å²) in [4.78, 5) is 8.22. The molecule has 0 spiro atoms. The Balaban J connectivity index is 2.39. The molecule has 1 aromatic carbocycles. The van der Waals surface area contributed by atoms with Gasteiger partial charge in [-0.3, -0.25) is 0 Å². The minimum Gasteiger partial charge on any atom is -0.495 e. The zero-order chi connectivity index (χ0) is 15.4. The van der Waals surface area contributed by atoms with Gasteiger partial charge in [-0.2, -0.15) is 0 Å². The maximum atomic E-state index is 5.44. The molecule has 21 heavy (non-hydrogen) atoms. The molecular weight excluding hydrogens is 282 g/mol. The molecule has 1 N–H and O–H groups in total. The highest BCUT2D eigenvalue weighted by Crippen LogP contribution is 2.37. The summed E-state index contributed by atoms with van der Waals surface area (Å²) in [6.07, 6.45) is 0. The van der Waals surface area contributed by atoms with E-state index in [-0.39, 0.29) is 0 Å². The summed E-state index contributed by atoms with van der Waals surface area (Å²) < 4.78 is 5.44. The number of hydrogen-bond acceptors (Lipinski definition) is 5. The van der Waals surface area contributed by atoms with Crippen molar-refractivity contribution in [3.05, 3.63) is 34.8 Å². The van der Waals surface area contributed by atoms with Crippen molar-refractivity contribution in [2.24, 2.45) is 0 Å². The van der Waals surface area contributed by atoms with Crippen LogP contribution in [0.3, 0.4) is 0 Å². The van der Waals surface area contributed by atoms with Crippen molar-refractivity contribution in [3.63, 3.8) is 0 Å². The fraction of sp³-hybridized carbons (Fsp3) is 0.438. The second-order valence-corrected chi connectivity index (χ2v) is 6.28. The molecule has 0 aliphatic rings. The van der Waals surface area contributed by atoms with E-state index < -0.39 is 0 Å². The lowest BCUT2D eigenvalue weighted by Crippen LogP contribution is -2.10. The lowest BCUT2D eigenvalue weighted by molar-refractivity contribution is 0.415. The first-order chi connectivity index (χ1) is 10.1. The molecule has 2 aromatic rings. The van der Waals surface area contributed by atoms with Gasteiger partial charge in [0.05, 0.1) is 18.5 Å². The Labute approximate surface area is 130 Å². The van der Waals surface area contributed by atoms with Crippen LogP contribution in [0.1, 0.15) is 30.3 Å². The molecule has 0 aliphatic heterocycles. The fourth-order valence-electron chi connectivity index (χ4n) is 2.24. The molecule has 2 rings (SSSR count). The molecule has 4 nitrogen and oxygen atoms in total. The number of ether oxygens (including phenoxy) is 1. The van der Waals surface area contributed by atoms with E-state index >= 15 is 0 Å². The predicted octanol–water partition coefficient (Wildman–Crippen LogP) is 3.76. The molecule has 0 bridgehead atoms. The zero-order valence-electron chi connectivity index (χ0n) is 13.3. The Bertz CT molecular complexity index is 595. The zero-order valence-corrected chi connectivity index (χ0v) is 14.1. The Morgan fingerprint density at radius 1 is 1.33 bits per heavy atom.